The normalized spacial score (nSPS) is 16.6. The van der Waals surface area contributed by atoms with Gasteiger partial charge in [-0.2, -0.15) is 5.26 Å². The molecule has 0 saturated heterocycles. The first kappa shape index (κ1) is 9.56. The lowest BCUT2D eigenvalue weighted by Gasteiger charge is -2.00. The van der Waals surface area contributed by atoms with Gasteiger partial charge in [0.25, 0.3) is 0 Å². The number of fused-ring (bicyclic) bond motifs is 3. The summed E-state index contributed by atoms with van der Waals surface area (Å²) in [6.07, 6.45) is 3.72. The number of rotatable bonds is 0. The number of thiazole rings is 1. The van der Waals surface area contributed by atoms with Gasteiger partial charge < -0.3 is 0 Å². The minimum atomic E-state index is 0.985. The molecule has 0 spiro atoms. The van der Waals surface area contributed by atoms with Crippen LogP contribution < -0.4 is 0 Å². The number of aryl methyl sites for hydroxylation is 2. The second kappa shape index (κ2) is 3.43. The average molecular weight is 226 g/mol. The molecule has 1 aliphatic carbocycles. The molecular formula is C13H10N2S. The highest BCUT2D eigenvalue weighted by molar-refractivity contribution is 7.18. The van der Waals surface area contributed by atoms with E-state index in [1.54, 1.807) is 17.4 Å². The molecule has 0 saturated carbocycles. The summed E-state index contributed by atoms with van der Waals surface area (Å²) in [5.74, 6) is 0. The van der Waals surface area contributed by atoms with E-state index >= 15 is 0 Å². The van der Waals surface area contributed by atoms with Crippen LogP contribution >= 0.6 is 11.3 Å². The van der Waals surface area contributed by atoms with Crippen LogP contribution in [-0.4, -0.2) is 4.98 Å². The van der Waals surface area contributed by atoms with Crippen LogP contribution in [0.3, 0.4) is 0 Å². The summed E-state index contributed by atoms with van der Waals surface area (Å²) in [7, 11) is 0. The third-order valence-corrected chi connectivity index (χ3v) is 3.98. The predicted octanol–water partition coefficient (Wildman–Crippen LogP) is 3.46. The van der Waals surface area contributed by atoms with Crippen LogP contribution in [0.15, 0.2) is 18.2 Å². The Kier molecular flexibility index (Phi) is 2.05. The zero-order chi connectivity index (χ0) is 11.1. The smallest absolute Gasteiger partial charge is 0.0915 e. The quantitative estimate of drug-likeness (QED) is 0.645. The monoisotopic (exact) mass is 226 g/mol. The molecule has 0 unspecified atom stereocenters. The van der Waals surface area contributed by atoms with E-state index in [-0.39, 0.29) is 0 Å². The number of nitrogens with zero attached hydrogens (tertiary/aromatic N) is 2. The minimum Gasteiger partial charge on any atom is -0.241 e. The number of nitriles is 1. The summed E-state index contributed by atoms with van der Waals surface area (Å²) in [5, 5.41) is 9.88. The highest BCUT2D eigenvalue weighted by Gasteiger charge is 2.20. The molecular weight excluding hydrogens is 216 g/mol. The van der Waals surface area contributed by atoms with Gasteiger partial charge in [-0.25, -0.2) is 4.98 Å². The first-order valence-corrected chi connectivity index (χ1v) is 6.09. The molecule has 78 valence electrons. The van der Waals surface area contributed by atoms with Gasteiger partial charge >= 0.3 is 0 Å². The van der Waals surface area contributed by atoms with Crippen molar-refractivity contribution >= 4 is 27.1 Å². The van der Waals surface area contributed by atoms with E-state index in [0.717, 1.165) is 23.4 Å². The number of hydrogen-bond acceptors (Lipinski definition) is 3. The Balaban J connectivity index is 2.37. The summed E-state index contributed by atoms with van der Waals surface area (Å²) in [6, 6.07) is 6.38. The summed E-state index contributed by atoms with van der Waals surface area (Å²) < 4.78 is 1.24. The molecule has 1 aromatic heterocycles. The van der Waals surface area contributed by atoms with Crippen molar-refractivity contribution in [1.29, 1.82) is 5.26 Å². The summed E-state index contributed by atoms with van der Waals surface area (Å²) in [5.41, 5.74) is 4.86. The second-order valence-electron chi connectivity index (χ2n) is 3.98. The van der Waals surface area contributed by atoms with Gasteiger partial charge in [0.1, 0.15) is 0 Å². The van der Waals surface area contributed by atoms with Crippen LogP contribution in [-0.2, 0) is 6.42 Å². The molecule has 0 bridgehead atoms. The molecule has 3 rings (SSSR count). The molecule has 1 aliphatic rings. The van der Waals surface area contributed by atoms with Crippen molar-refractivity contribution in [2.24, 2.45) is 0 Å². The van der Waals surface area contributed by atoms with E-state index in [9.17, 15) is 0 Å². The Bertz CT molecular complexity index is 644. The van der Waals surface area contributed by atoms with Gasteiger partial charge in [-0.3, -0.25) is 0 Å². The molecule has 1 heterocycles. The van der Waals surface area contributed by atoms with Crippen molar-refractivity contribution in [1.82, 2.24) is 4.98 Å². The van der Waals surface area contributed by atoms with Crippen LogP contribution in [0.2, 0.25) is 0 Å². The van der Waals surface area contributed by atoms with Crippen LogP contribution in [0.25, 0.3) is 15.8 Å². The predicted molar refractivity (Wildman–Crippen MR) is 66.3 cm³/mol. The van der Waals surface area contributed by atoms with E-state index in [4.69, 9.17) is 5.26 Å². The standard InChI is InChI=1S/C13H10N2S/c1-8-15-11-5-4-9-2-3-10(6-7-14)12(9)13(11)16-8/h4-6H,2-3H2,1H3/b10-6+. The lowest BCUT2D eigenvalue weighted by Crippen LogP contribution is -1.81. The van der Waals surface area contributed by atoms with Gasteiger partial charge in [0.15, 0.2) is 0 Å². The van der Waals surface area contributed by atoms with Crippen LogP contribution in [0.4, 0.5) is 0 Å². The largest absolute Gasteiger partial charge is 0.241 e. The zero-order valence-corrected chi connectivity index (χ0v) is 9.77. The zero-order valence-electron chi connectivity index (χ0n) is 8.95. The number of aromatic nitrogens is 1. The molecule has 3 heteroatoms. The van der Waals surface area contributed by atoms with E-state index in [1.807, 2.05) is 6.92 Å². The number of benzene rings is 1. The van der Waals surface area contributed by atoms with Gasteiger partial charge in [-0.05, 0) is 37.0 Å². The van der Waals surface area contributed by atoms with Crippen LogP contribution in [0, 0.1) is 18.3 Å². The summed E-state index contributed by atoms with van der Waals surface area (Å²) >= 11 is 1.73. The number of hydrogen-bond donors (Lipinski definition) is 0. The fourth-order valence-electron chi connectivity index (χ4n) is 2.32. The Hall–Kier alpha value is -1.66. The van der Waals surface area contributed by atoms with Gasteiger partial charge in [0, 0.05) is 11.6 Å². The Labute approximate surface area is 97.9 Å². The Morgan fingerprint density at radius 3 is 3.12 bits per heavy atom. The summed E-state index contributed by atoms with van der Waals surface area (Å²) in [4.78, 5) is 4.49. The molecule has 1 aromatic carbocycles. The Morgan fingerprint density at radius 2 is 2.31 bits per heavy atom. The molecule has 0 N–H and O–H groups in total. The molecule has 2 nitrogen and oxygen atoms in total. The topological polar surface area (TPSA) is 36.7 Å². The van der Waals surface area contributed by atoms with Crippen molar-refractivity contribution in [3.05, 3.63) is 34.3 Å². The second-order valence-corrected chi connectivity index (χ2v) is 5.18. The van der Waals surface area contributed by atoms with Gasteiger partial charge in [0.2, 0.25) is 0 Å². The van der Waals surface area contributed by atoms with E-state index < -0.39 is 0 Å². The lowest BCUT2D eigenvalue weighted by molar-refractivity contribution is 1.08. The minimum absolute atomic E-state index is 0.985. The molecule has 0 atom stereocenters. The molecule has 0 fully saturated rings. The van der Waals surface area contributed by atoms with Crippen molar-refractivity contribution in [3.63, 3.8) is 0 Å². The highest BCUT2D eigenvalue weighted by atomic mass is 32.1. The molecule has 0 radical (unpaired) electrons. The fraction of sp³-hybridized carbons (Fsp3) is 0.231. The third kappa shape index (κ3) is 1.27. The van der Waals surface area contributed by atoms with E-state index in [0.29, 0.717) is 0 Å². The van der Waals surface area contributed by atoms with Gasteiger partial charge in [0.05, 0.1) is 21.3 Å². The van der Waals surface area contributed by atoms with Crippen molar-refractivity contribution in [3.8, 4) is 6.07 Å². The maximum atomic E-state index is 8.79. The highest BCUT2D eigenvalue weighted by Crippen LogP contribution is 2.39. The SMILES string of the molecule is Cc1nc2ccc3c(c2s1)/C(=C/C#N)CC3. The average Bonchev–Trinajstić information content (AvgIpc) is 2.81. The van der Waals surface area contributed by atoms with Crippen LogP contribution in [0.5, 0.6) is 0 Å². The van der Waals surface area contributed by atoms with E-state index in [2.05, 4.69) is 23.2 Å². The lowest BCUT2D eigenvalue weighted by atomic mass is 10.1. The number of allylic oxidation sites excluding steroid dienone is 2. The van der Waals surface area contributed by atoms with Crippen molar-refractivity contribution < 1.29 is 0 Å². The fourth-order valence-corrected chi connectivity index (χ4v) is 3.34. The van der Waals surface area contributed by atoms with Crippen molar-refractivity contribution in [2.45, 2.75) is 19.8 Å². The first-order chi connectivity index (χ1) is 7.79. The van der Waals surface area contributed by atoms with Gasteiger partial charge in [-0.15, -0.1) is 11.3 Å². The molecule has 16 heavy (non-hydrogen) atoms. The molecule has 0 amide bonds. The third-order valence-electron chi connectivity index (χ3n) is 2.97. The van der Waals surface area contributed by atoms with Gasteiger partial charge in [-0.1, -0.05) is 6.07 Å². The summed E-state index contributed by atoms with van der Waals surface area (Å²) in [6.45, 7) is 2.03. The Morgan fingerprint density at radius 1 is 1.44 bits per heavy atom. The molecule has 2 aromatic rings. The molecule has 0 aliphatic heterocycles. The van der Waals surface area contributed by atoms with Crippen LogP contribution in [0.1, 0.15) is 22.6 Å². The van der Waals surface area contributed by atoms with E-state index in [1.165, 1.54) is 21.4 Å². The first-order valence-electron chi connectivity index (χ1n) is 5.27. The van der Waals surface area contributed by atoms with Crippen molar-refractivity contribution in [2.75, 3.05) is 0 Å². The maximum Gasteiger partial charge on any atom is 0.0915 e. The maximum absolute atomic E-state index is 8.79.